The standard InChI is InChI=1S/C33H32O7/c1-4-31(34)38-17-7-8-24-9-13-26(14-10-24)28-20-29(22-30(21-28)37-18-19-39-32(35)5-2)27-15-11-25(12-16-27)23-40-33(36)6-3/h4-6,9-16,20-22H,1-3,7-8,17-19,23H2. The highest BCUT2D eigenvalue weighted by Gasteiger charge is 2.09. The zero-order chi connectivity index (χ0) is 28.7. The number of carbonyl (C=O) groups is 3. The van der Waals surface area contributed by atoms with Crippen LogP contribution in [0.5, 0.6) is 5.75 Å². The van der Waals surface area contributed by atoms with Gasteiger partial charge in [0.1, 0.15) is 25.6 Å². The average molecular weight is 541 g/mol. The van der Waals surface area contributed by atoms with Crippen molar-refractivity contribution in [3.63, 3.8) is 0 Å². The summed E-state index contributed by atoms with van der Waals surface area (Å²) in [5.74, 6) is -0.771. The summed E-state index contributed by atoms with van der Waals surface area (Å²) in [6.07, 6.45) is 4.89. The molecular formula is C33H32O7. The molecule has 0 radical (unpaired) electrons. The Balaban J connectivity index is 1.78. The van der Waals surface area contributed by atoms with Crippen molar-refractivity contribution in [1.29, 1.82) is 0 Å². The molecular weight excluding hydrogens is 508 g/mol. The minimum atomic E-state index is -0.504. The molecule has 0 aliphatic heterocycles. The lowest BCUT2D eigenvalue weighted by atomic mass is 9.97. The van der Waals surface area contributed by atoms with E-state index in [0.29, 0.717) is 18.8 Å². The first kappa shape index (κ1) is 29.6. The van der Waals surface area contributed by atoms with Gasteiger partial charge in [-0.1, -0.05) is 68.3 Å². The molecule has 206 valence electrons. The van der Waals surface area contributed by atoms with Gasteiger partial charge in [0.25, 0.3) is 0 Å². The highest BCUT2D eigenvalue weighted by molar-refractivity contribution is 5.82. The molecule has 0 aromatic heterocycles. The summed E-state index contributed by atoms with van der Waals surface area (Å²) in [6, 6.07) is 21.8. The summed E-state index contributed by atoms with van der Waals surface area (Å²) in [5.41, 5.74) is 5.81. The molecule has 0 aliphatic rings. The van der Waals surface area contributed by atoms with Crippen molar-refractivity contribution in [2.75, 3.05) is 19.8 Å². The van der Waals surface area contributed by atoms with Gasteiger partial charge in [-0.25, -0.2) is 14.4 Å². The molecule has 7 nitrogen and oxygen atoms in total. The number of esters is 3. The normalized spacial score (nSPS) is 10.2. The maximum absolute atomic E-state index is 11.4. The average Bonchev–Trinajstić information content (AvgIpc) is 3.00. The van der Waals surface area contributed by atoms with Crippen LogP contribution in [-0.4, -0.2) is 37.7 Å². The van der Waals surface area contributed by atoms with Gasteiger partial charge in [0, 0.05) is 18.2 Å². The van der Waals surface area contributed by atoms with Crippen molar-refractivity contribution in [2.45, 2.75) is 19.4 Å². The summed E-state index contributed by atoms with van der Waals surface area (Å²) >= 11 is 0. The molecule has 0 aliphatic carbocycles. The van der Waals surface area contributed by atoms with E-state index in [1.807, 2.05) is 60.7 Å². The Kier molecular flexibility index (Phi) is 11.5. The second kappa shape index (κ2) is 15.5. The first-order chi connectivity index (χ1) is 19.4. The van der Waals surface area contributed by atoms with Gasteiger partial charge in [-0.2, -0.15) is 0 Å². The Morgan fingerprint density at radius 3 is 1.62 bits per heavy atom. The second-order valence-corrected chi connectivity index (χ2v) is 8.65. The van der Waals surface area contributed by atoms with E-state index < -0.39 is 17.9 Å². The fraction of sp³-hybridized carbons (Fsp3) is 0.182. The minimum absolute atomic E-state index is 0.0966. The minimum Gasteiger partial charge on any atom is -0.490 e. The highest BCUT2D eigenvalue weighted by atomic mass is 16.6. The van der Waals surface area contributed by atoms with E-state index >= 15 is 0 Å². The molecule has 0 N–H and O–H groups in total. The molecule has 0 unspecified atom stereocenters. The van der Waals surface area contributed by atoms with Crippen molar-refractivity contribution < 1.29 is 33.3 Å². The number of ether oxygens (including phenoxy) is 4. The van der Waals surface area contributed by atoms with E-state index in [-0.39, 0.29) is 19.8 Å². The van der Waals surface area contributed by atoms with Crippen LogP contribution in [0, 0.1) is 0 Å². The van der Waals surface area contributed by atoms with E-state index in [4.69, 9.17) is 18.9 Å². The maximum atomic E-state index is 11.4. The lowest BCUT2D eigenvalue weighted by Gasteiger charge is -2.13. The second-order valence-electron chi connectivity index (χ2n) is 8.65. The van der Waals surface area contributed by atoms with Crippen molar-refractivity contribution in [1.82, 2.24) is 0 Å². The van der Waals surface area contributed by atoms with Crippen LogP contribution in [0.4, 0.5) is 0 Å². The van der Waals surface area contributed by atoms with Gasteiger partial charge < -0.3 is 18.9 Å². The van der Waals surface area contributed by atoms with Crippen molar-refractivity contribution in [3.05, 3.63) is 116 Å². The van der Waals surface area contributed by atoms with Crippen LogP contribution in [0.2, 0.25) is 0 Å². The van der Waals surface area contributed by atoms with Crippen LogP contribution in [0.15, 0.2) is 105 Å². The number of benzene rings is 3. The SMILES string of the molecule is C=CC(=O)OCCCc1ccc(-c2cc(OCCOC(=O)C=C)cc(-c3ccc(COC(=O)C=C)cc3)c2)cc1. The molecule has 0 saturated carbocycles. The molecule has 0 heterocycles. The van der Waals surface area contributed by atoms with Gasteiger partial charge in [-0.3, -0.25) is 0 Å². The Bertz CT molecular complexity index is 1340. The zero-order valence-corrected chi connectivity index (χ0v) is 22.3. The smallest absolute Gasteiger partial charge is 0.330 e. The summed E-state index contributed by atoms with van der Waals surface area (Å²) in [5, 5.41) is 0. The molecule has 0 saturated heterocycles. The third-order valence-electron chi connectivity index (χ3n) is 5.81. The lowest BCUT2D eigenvalue weighted by Crippen LogP contribution is -2.10. The highest BCUT2D eigenvalue weighted by Crippen LogP contribution is 2.32. The lowest BCUT2D eigenvalue weighted by molar-refractivity contribution is -0.139. The molecule has 0 atom stereocenters. The predicted molar refractivity (Wildman–Crippen MR) is 153 cm³/mol. The number of aryl methyl sites for hydroxylation is 1. The molecule has 0 amide bonds. The number of hydrogen-bond donors (Lipinski definition) is 0. The summed E-state index contributed by atoms with van der Waals surface area (Å²) in [7, 11) is 0. The molecule has 0 spiro atoms. The van der Waals surface area contributed by atoms with Gasteiger partial charge >= 0.3 is 17.9 Å². The Morgan fingerprint density at radius 2 is 1.07 bits per heavy atom. The molecule has 0 fully saturated rings. The molecule has 3 aromatic carbocycles. The summed E-state index contributed by atoms with van der Waals surface area (Å²) in [6.45, 7) is 11.0. The molecule has 40 heavy (non-hydrogen) atoms. The summed E-state index contributed by atoms with van der Waals surface area (Å²) < 4.78 is 21.1. The monoisotopic (exact) mass is 540 g/mol. The largest absolute Gasteiger partial charge is 0.490 e. The van der Waals surface area contributed by atoms with Crippen LogP contribution < -0.4 is 4.74 Å². The topological polar surface area (TPSA) is 88.1 Å². The van der Waals surface area contributed by atoms with Gasteiger partial charge in [-0.05, 0) is 64.4 Å². The van der Waals surface area contributed by atoms with E-state index in [9.17, 15) is 14.4 Å². The molecule has 7 heteroatoms. The summed E-state index contributed by atoms with van der Waals surface area (Å²) in [4.78, 5) is 33.9. The molecule has 3 rings (SSSR count). The van der Waals surface area contributed by atoms with E-state index in [1.54, 1.807) is 0 Å². The van der Waals surface area contributed by atoms with Gasteiger partial charge in [0.05, 0.1) is 6.61 Å². The van der Waals surface area contributed by atoms with Gasteiger partial charge in [0.2, 0.25) is 0 Å². The zero-order valence-electron chi connectivity index (χ0n) is 22.3. The van der Waals surface area contributed by atoms with Crippen LogP contribution in [-0.2, 0) is 41.6 Å². The number of carbonyl (C=O) groups excluding carboxylic acids is 3. The van der Waals surface area contributed by atoms with Crippen molar-refractivity contribution in [2.24, 2.45) is 0 Å². The van der Waals surface area contributed by atoms with Crippen LogP contribution in [0.3, 0.4) is 0 Å². The first-order valence-electron chi connectivity index (χ1n) is 12.8. The Hall–Kier alpha value is -4.91. The van der Waals surface area contributed by atoms with Crippen molar-refractivity contribution >= 4 is 17.9 Å². The number of rotatable bonds is 15. The quantitative estimate of drug-likeness (QED) is 0.101. The van der Waals surface area contributed by atoms with E-state index in [0.717, 1.165) is 58.0 Å². The Labute approximate surface area is 234 Å². The maximum Gasteiger partial charge on any atom is 0.330 e. The fourth-order valence-corrected chi connectivity index (χ4v) is 3.76. The first-order valence-corrected chi connectivity index (χ1v) is 12.8. The van der Waals surface area contributed by atoms with Crippen LogP contribution in [0.25, 0.3) is 22.3 Å². The third kappa shape index (κ3) is 9.44. The van der Waals surface area contributed by atoms with Gasteiger partial charge in [0.15, 0.2) is 0 Å². The van der Waals surface area contributed by atoms with Crippen molar-refractivity contribution in [3.8, 4) is 28.0 Å². The van der Waals surface area contributed by atoms with Crippen LogP contribution in [0.1, 0.15) is 17.5 Å². The van der Waals surface area contributed by atoms with E-state index in [2.05, 4.69) is 25.8 Å². The van der Waals surface area contributed by atoms with E-state index in [1.165, 1.54) is 0 Å². The van der Waals surface area contributed by atoms with Crippen LogP contribution >= 0.6 is 0 Å². The third-order valence-corrected chi connectivity index (χ3v) is 5.81. The number of hydrogen-bond acceptors (Lipinski definition) is 7. The molecule has 0 bridgehead atoms. The molecule has 3 aromatic rings. The fourth-order valence-electron chi connectivity index (χ4n) is 3.76. The Morgan fingerprint density at radius 1 is 0.575 bits per heavy atom. The predicted octanol–water partition coefficient (Wildman–Crippen LogP) is 6.02. The van der Waals surface area contributed by atoms with Gasteiger partial charge in [-0.15, -0.1) is 0 Å².